The summed E-state index contributed by atoms with van der Waals surface area (Å²) < 4.78 is 5.81. The van der Waals surface area contributed by atoms with Gasteiger partial charge in [0.15, 0.2) is 16.9 Å². The molecule has 0 unspecified atom stereocenters. The first-order valence-corrected chi connectivity index (χ1v) is 11.3. The fourth-order valence-electron chi connectivity index (χ4n) is 5.11. The van der Waals surface area contributed by atoms with E-state index in [9.17, 15) is 0 Å². The number of hydrogen-bond donors (Lipinski definition) is 3. The average Bonchev–Trinajstić information content (AvgIpc) is 3.36. The number of anilines is 2. The highest BCUT2D eigenvalue weighted by atomic mass is 35.5. The van der Waals surface area contributed by atoms with Gasteiger partial charge < -0.3 is 21.1 Å². The van der Waals surface area contributed by atoms with Crippen LogP contribution >= 0.6 is 11.6 Å². The third kappa shape index (κ3) is 3.27. The van der Waals surface area contributed by atoms with Crippen molar-refractivity contribution in [1.82, 2.24) is 25.1 Å². The highest BCUT2D eigenvalue weighted by Crippen LogP contribution is 2.50. The predicted octanol–water partition coefficient (Wildman–Crippen LogP) is 3.62. The first-order chi connectivity index (χ1) is 16.0. The first-order valence-electron chi connectivity index (χ1n) is 10.9. The van der Waals surface area contributed by atoms with Crippen molar-refractivity contribution in [1.29, 1.82) is 0 Å². The van der Waals surface area contributed by atoms with E-state index in [1.165, 1.54) is 17.3 Å². The summed E-state index contributed by atoms with van der Waals surface area (Å²) in [6, 6.07) is 10.3. The molecule has 1 atom stereocenters. The quantitative estimate of drug-likeness (QED) is 0.420. The standard InChI is InChI=1S/C23H23ClN8O/c24-17-15(5-8-27-20(17)26)33-22-18-21(30-31-22)29-16(12-28-18)32-9-6-23(7-10-32)11-13-3-1-2-4-14(13)19(23)25/h1-5,8,12,19H,6-7,9-11,25H2,(H2,26,27)(H,29,30,31)/t19-/m1/s1. The fraction of sp³-hybridized carbons (Fsp3) is 0.304. The summed E-state index contributed by atoms with van der Waals surface area (Å²) in [6.45, 7) is 1.76. The van der Waals surface area contributed by atoms with E-state index in [1.54, 1.807) is 12.3 Å². The predicted molar refractivity (Wildman–Crippen MR) is 126 cm³/mol. The van der Waals surface area contributed by atoms with Crippen LogP contribution in [0.5, 0.6) is 11.6 Å². The van der Waals surface area contributed by atoms with Gasteiger partial charge in [-0.2, -0.15) is 0 Å². The van der Waals surface area contributed by atoms with Gasteiger partial charge in [0, 0.05) is 31.4 Å². The van der Waals surface area contributed by atoms with Gasteiger partial charge in [0.25, 0.3) is 5.88 Å². The number of aromatic amines is 1. The van der Waals surface area contributed by atoms with Crippen molar-refractivity contribution in [3.05, 3.63) is 58.9 Å². The highest BCUT2D eigenvalue weighted by molar-refractivity contribution is 6.34. The molecule has 0 amide bonds. The van der Waals surface area contributed by atoms with Crippen LogP contribution in [0, 0.1) is 5.41 Å². The number of nitrogens with zero attached hydrogens (tertiary/aromatic N) is 5. The van der Waals surface area contributed by atoms with Crippen LogP contribution in [0.1, 0.15) is 30.0 Å². The number of fused-ring (bicyclic) bond motifs is 2. The molecular weight excluding hydrogens is 440 g/mol. The van der Waals surface area contributed by atoms with E-state index in [4.69, 9.17) is 32.8 Å². The van der Waals surface area contributed by atoms with Gasteiger partial charge >= 0.3 is 0 Å². The molecule has 1 spiro atoms. The Morgan fingerprint density at radius 3 is 2.79 bits per heavy atom. The molecule has 168 valence electrons. The van der Waals surface area contributed by atoms with Gasteiger partial charge in [-0.05, 0) is 35.8 Å². The lowest BCUT2D eigenvalue weighted by Crippen LogP contribution is -2.44. The van der Waals surface area contributed by atoms with Crippen LogP contribution in [-0.2, 0) is 6.42 Å². The van der Waals surface area contributed by atoms with Crippen LogP contribution in [-0.4, -0.2) is 38.2 Å². The summed E-state index contributed by atoms with van der Waals surface area (Å²) in [7, 11) is 0. The van der Waals surface area contributed by atoms with Crippen molar-refractivity contribution in [2.75, 3.05) is 23.7 Å². The van der Waals surface area contributed by atoms with Crippen LogP contribution < -0.4 is 21.1 Å². The minimum Gasteiger partial charge on any atom is -0.434 e. The second-order valence-electron chi connectivity index (χ2n) is 8.77. The van der Waals surface area contributed by atoms with Crippen molar-refractivity contribution in [2.45, 2.75) is 25.3 Å². The molecule has 1 fully saturated rings. The maximum Gasteiger partial charge on any atom is 0.266 e. The Balaban J connectivity index is 1.20. The molecule has 4 heterocycles. The van der Waals surface area contributed by atoms with Gasteiger partial charge in [-0.3, -0.25) is 5.10 Å². The van der Waals surface area contributed by atoms with Gasteiger partial charge in [0.05, 0.1) is 6.20 Å². The first kappa shape index (κ1) is 20.2. The van der Waals surface area contributed by atoms with Gasteiger partial charge in [0.1, 0.15) is 16.7 Å². The molecule has 6 rings (SSSR count). The molecule has 3 aromatic heterocycles. The molecule has 1 aromatic carbocycles. The number of aromatic nitrogens is 5. The summed E-state index contributed by atoms with van der Waals surface area (Å²) in [6.07, 6.45) is 6.36. The lowest BCUT2D eigenvalue weighted by Gasteiger charge is -2.42. The molecule has 10 heteroatoms. The molecule has 2 aliphatic rings. The Kier molecular flexibility index (Phi) is 4.63. The van der Waals surface area contributed by atoms with Gasteiger partial charge in [-0.1, -0.05) is 35.9 Å². The maximum absolute atomic E-state index is 6.71. The fourth-order valence-corrected chi connectivity index (χ4v) is 5.26. The molecule has 0 radical (unpaired) electrons. The monoisotopic (exact) mass is 462 g/mol. The summed E-state index contributed by atoms with van der Waals surface area (Å²) in [5.74, 6) is 1.64. The van der Waals surface area contributed by atoms with Crippen LogP contribution in [0.2, 0.25) is 5.02 Å². The molecule has 1 saturated heterocycles. The second-order valence-corrected chi connectivity index (χ2v) is 9.15. The maximum atomic E-state index is 6.71. The number of nitrogen functional groups attached to an aromatic ring is 1. The number of nitrogens with one attached hydrogen (secondary N) is 1. The van der Waals surface area contributed by atoms with E-state index in [0.717, 1.165) is 38.2 Å². The number of ether oxygens (including phenoxy) is 1. The van der Waals surface area contributed by atoms with Crippen molar-refractivity contribution in [2.24, 2.45) is 11.1 Å². The van der Waals surface area contributed by atoms with E-state index in [-0.39, 0.29) is 28.2 Å². The number of piperidine rings is 1. The second kappa shape index (κ2) is 7.57. The minimum absolute atomic E-state index is 0.0887. The molecule has 1 aliphatic heterocycles. The Morgan fingerprint density at radius 2 is 1.97 bits per heavy atom. The van der Waals surface area contributed by atoms with Crippen LogP contribution in [0.4, 0.5) is 11.6 Å². The van der Waals surface area contributed by atoms with E-state index >= 15 is 0 Å². The number of benzene rings is 1. The normalized spacial score (nSPS) is 19.2. The summed E-state index contributed by atoms with van der Waals surface area (Å²) >= 11 is 6.18. The lowest BCUT2D eigenvalue weighted by molar-refractivity contribution is 0.187. The van der Waals surface area contributed by atoms with E-state index in [0.29, 0.717) is 16.9 Å². The largest absolute Gasteiger partial charge is 0.434 e. The zero-order chi connectivity index (χ0) is 22.6. The molecule has 9 nitrogen and oxygen atoms in total. The average molecular weight is 463 g/mol. The van der Waals surface area contributed by atoms with Crippen molar-refractivity contribution < 1.29 is 4.74 Å². The Morgan fingerprint density at radius 1 is 1.15 bits per heavy atom. The summed E-state index contributed by atoms with van der Waals surface area (Å²) in [4.78, 5) is 15.5. The molecule has 1 aliphatic carbocycles. The highest BCUT2D eigenvalue weighted by Gasteiger charge is 2.45. The van der Waals surface area contributed by atoms with Crippen LogP contribution in [0.25, 0.3) is 11.2 Å². The SMILES string of the molecule is Nc1nccc(Oc2n[nH]c3nc(N4CCC5(CC4)Cc4ccccc4[C@H]5N)cnc23)c1Cl. The molecular formula is C23H23ClN8O. The minimum atomic E-state index is 0.0887. The molecule has 0 saturated carbocycles. The zero-order valence-electron chi connectivity index (χ0n) is 17.8. The van der Waals surface area contributed by atoms with Crippen LogP contribution in [0.15, 0.2) is 42.7 Å². The van der Waals surface area contributed by atoms with Gasteiger partial charge in [-0.25, -0.2) is 15.0 Å². The lowest BCUT2D eigenvalue weighted by atomic mass is 9.73. The smallest absolute Gasteiger partial charge is 0.266 e. The number of rotatable bonds is 3. The molecule has 33 heavy (non-hydrogen) atoms. The van der Waals surface area contributed by atoms with Crippen LogP contribution in [0.3, 0.4) is 0 Å². The van der Waals surface area contributed by atoms with E-state index < -0.39 is 0 Å². The molecule has 5 N–H and O–H groups in total. The van der Waals surface area contributed by atoms with Gasteiger partial charge in [-0.15, -0.1) is 5.10 Å². The Labute approximate surface area is 195 Å². The number of pyridine rings is 1. The van der Waals surface area contributed by atoms with Crippen molar-refractivity contribution in [3.8, 4) is 11.6 Å². The Hall–Kier alpha value is -3.43. The summed E-state index contributed by atoms with van der Waals surface area (Å²) in [5.41, 5.74) is 16.3. The zero-order valence-corrected chi connectivity index (χ0v) is 18.6. The third-order valence-electron chi connectivity index (χ3n) is 6.99. The Bertz CT molecular complexity index is 1350. The number of hydrogen-bond acceptors (Lipinski definition) is 8. The summed E-state index contributed by atoms with van der Waals surface area (Å²) in [5, 5.41) is 7.34. The van der Waals surface area contributed by atoms with Gasteiger partial charge in [0.2, 0.25) is 0 Å². The van der Waals surface area contributed by atoms with E-state index in [1.807, 2.05) is 0 Å². The number of H-pyrrole nitrogens is 1. The number of halogens is 1. The molecule has 0 bridgehead atoms. The number of nitrogens with two attached hydrogens (primary N) is 2. The third-order valence-corrected chi connectivity index (χ3v) is 7.37. The van der Waals surface area contributed by atoms with E-state index in [2.05, 4.69) is 49.3 Å². The topological polar surface area (TPSA) is 132 Å². The van der Waals surface area contributed by atoms with Crippen molar-refractivity contribution in [3.63, 3.8) is 0 Å². The van der Waals surface area contributed by atoms with Crippen molar-refractivity contribution >= 4 is 34.4 Å². The molecule has 4 aromatic rings.